The van der Waals surface area contributed by atoms with Crippen molar-refractivity contribution in [1.82, 2.24) is 15.1 Å². The van der Waals surface area contributed by atoms with E-state index in [9.17, 15) is 39.9 Å². The van der Waals surface area contributed by atoms with Gasteiger partial charge in [-0.1, -0.05) is 19.1 Å². The first-order valence-electron chi connectivity index (χ1n) is 13.9. The Morgan fingerprint density at radius 2 is 1.80 bits per heavy atom. The summed E-state index contributed by atoms with van der Waals surface area (Å²) < 4.78 is 0. The number of Topliss-reactive ketones (excluding diaryl/α,β-unsaturated/α-hetero) is 2. The van der Waals surface area contributed by atoms with Crippen LogP contribution in [-0.4, -0.2) is 111 Å². The van der Waals surface area contributed by atoms with Gasteiger partial charge in [0.1, 0.15) is 11.5 Å². The summed E-state index contributed by atoms with van der Waals surface area (Å²) in [6.07, 6.45) is 0.312. The molecule has 1 aromatic carbocycles. The average molecular weight is 572 g/mol. The fourth-order valence-electron chi connectivity index (χ4n) is 7.30. The first kappa shape index (κ1) is 29.4. The fraction of sp³-hybridized carbons (Fsp3) is 0.552. The van der Waals surface area contributed by atoms with Gasteiger partial charge in [-0.15, -0.1) is 0 Å². The van der Waals surface area contributed by atoms with Crippen LogP contribution in [0.3, 0.4) is 0 Å². The zero-order valence-corrected chi connectivity index (χ0v) is 23.7. The molecule has 0 spiro atoms. The number of ketones is 2. The van der Waals surface area contributed by atoms with Crippen LogP contribution in [0.1, 0.15) is 42.4 Å². The average Bonchev–Trinajstić information content (AvgIpc) is 2.90. The first-order chi connectivity index (χ1) is 19.2. The molecule has 3 aliphatic carbocycles. The van der Waals surface area contributed by atoms with Crippen molar-refractivity contribution in [3.05, 3.63) is 45.7 Å². The molecule has 0 aromatic heterocycles. The van der Waals surface area contributed by atoms with Crippen LogP contribution in [-0.2, 0) is 20.9 Å². The van der Waals surface area contributed by atoms with Gasteiger partial charge in [0, 0.05) is 29.6 Å². The maximum atomic E-state index is 14.1. The zero-order chi connectivity index (χ0) is 30.1. The van der Waals surface area contributed by atoms with Crippen molar-refractivity contribution >= 4 is 23.2 Å². The zero-order valence-electron chi connectivity index (χ0n) is 23.7. The number of likely N-dealkylation sites (N-methyl/N-ethyl adjacent to an activating group) is 1. The van der Waals surface area contributed by atoms with Crippen LogP contribution in [0.4, 0.5) is 0 Å². The quantitative estimate of drug-likeness (QED) is 0.213. The third-order valence-corrected chi connectivity index (χ3v) is 9.55. The van der Waals surface area contributed by atoms with E-state index < -0.39 is 70.1 Å². The Morgan fingerprint density at radius 3 is 2.39 bits per heavy atom. The Hall–Kier alpha value is -3.13. The third-order valence-electron chi connectivity index (χ3n) is 9.55. The molecule has 5 rings (SSSR count). The maximum Gasteiger partial charge on any atom is 0.348 e. The lowest BCUT2D eigenvalue weighted by Gasteiger charge is -2.53. The SMILES string of the molecule is CC1c2ccc(CNC3CCN(C)CC3)c(O)c2C(O)=C2C(=O)C3(O)C(O)=C(C([NH3+])=O)C(=O)C(N(C)C)C3C(O)C21. The lowest BCUT2D eigenvalue weighted by atomic mass is 9.54. The second-order valence-corrected chi connectivity index (χ2v) is 12.1. The summed E-state index contributed by atoms with van der Waals surface area (Å²) in [5.74, 6) is -8.37. The monoisotopic (exact) mass is 571 g/mol. The predicted octanol–water partition coefficient (Wildman–Crippen LogP) is -1.04. The van der Waals surface area contributed by atoms with Gasteiger partial charge in [-0.2, -0.15) is 0 Å². The molecule has 1 saturated heterocycles. The topological polar surface area (TPSA) is 199 Å². The number of amides is 1. The van der Waals surface area contributed by atoms with Crippen LogP contribution in [0.25, 0.3) is 5.76 Å². The van der Waals surface area contributed by atoms with Crippen molar-refractivity contribution in [2.45, 2.75) is 56.0 Å². The number of hydrogen-bond donors (Lipinski definition) is 7. The number of benzene rings is 1. The number of carbonyl (C=O) groups excluding carboxylic acids is 3. The standard InChI is InChI=1S/C29H38N4O8/c1-12-15-6-5-13(11-31-14-7-9-33(4)10-8-14)22(34)17(15)23(35)18-16(12)24(36)20-21(32(2)3)25(37)19(28(30)40)27(39)29(20,41)26(18)38/h5-6,12,14,16,20-21,24,31,34-36,39,41H,7-11H2,1-4H3,(H2,30,40)/p+1. The molecule has 1 aliphatic heterocycles. The number of nitrogens with zero attached hydrogens (tertiary/aromatic N) is 2. The number of phenolic OH excluding ortho intramolecular Hbond substituents is 1. The van der Waals surface area contributed by atoms with E-state index in [0.29, 0.717) is 17.7 Å². The number of quaternary nitrogens is 1. The van der Waals surface area contributed by atoms with Crippen LogP contribution >= 0.6 is 0 Å². The number of hydrogen-bond acceptors (Lipinski definition) is 11. The van der Waals surface area contributed by atoms with Crippen LogP contribution in [0, 0.1) is 11.8 Å². The lowest BCUT2D eigenvalue weighted by Crippen LogP contribution is -2.72. The van der Waals surface area contributed by atoms with E-state index in [1.807, 2.05) is 0 Å². The van der Waals surface area contributed by atoms with Crippen LogP contribution in [0.15, 0.2) is 29.0 Å². The van der Waals surface area contributed by atoms with Crippen molar-refractivity contribution in [2.24, 2.45) is 11.8 Å². The normalized spacial score (nSPS) is 32.7. The molecular weight excluding hydrogens is 532 g/mol. The summed E-state index contributed by atoms with van der Waals surface area (Å²) in [5.41, 5.74) is 0.131. The van der Waals surface area contributed by atoms with E-state index in [1.54, 1.807) is 19.1 Å². The molecule has 2 fully saturated rings. The number of aliphatic hydroxyl groups is 4. The van der Waals surface area contributed by atoms with E-state index in [4.69, 9.17) is 0 Å². The summed E-state index contributed by atoms with van der Waals surface area (Å²) in [5, 5.41) is 60.8. The van der Waals surface area contributed by atoms with Crippen LogP contribution in [0.2, 0.25) is 0 Å². The highest BCUT2D eigenvalue weighted by Crippen LogP contribution is 2.56. The second-order valence-electron chi connectivity index (χ2n) is 12.1. The summed E-state index contributed by atoms with van der Waals surface area (Å²) in [6.45, 7) is 3.96. The molecular formula is C29H39N4O8+. The Labute approximate surface area is 237 Å². The van der Waals surface area contributed by atoms with Crippen molar-refractivity contribution in [3.63, 3.8) is 0 Å². The number of fused-ring (bicyclic) bond motifs is 3. The summed E-state index contributed by atoms with van der Waals surface area (Å²) in [4.78, 5) is 43.3. The minimum Gasteiger partial charge on any atom is -0.508 e. The van der Waals surface area contributed by atoms with Gasteiger partial charge in [0.25, 0.3) is 0 Å². The van der Waals surface area contributed by atoms with E-state index in [1.165, 1.54) is 19.0 Å². The largest absolute Gasteiger partial charge is 0.508 e. The highest BCUT2D eigenvalue weighted by molar-refractivity contribution is 6.22. The van der Waals surface area contributed by atoms with Gasteiger partial charge in [-0.25, -0.2) is 4.79 Å². The lowest BCUT2D eigenvalue weighted by molar-refractivity contribution is -0.299. The number of piperidine rings is 1. The van der Waals surface area contributed by atoms with Gasteiger partial charge in [-0.3, -0.25) is 20.2 Å². The summed E-state index contributed by atoms with van der Waals surface area (Å²) in [6, 6.07) is 2.40. The van der Waals surface area contributed by atoms with E-state index >= 15 is 0 Å². The molecule has 6 atom stereocenters. The van der Waals surface area contributed by atoms with Gasteiger partial charge >= 0.3 is 5.91 Å². The van der Waals surface area contributed by atoms with Gasteiger partial charge < -0.3 is 35.7 Å². The number of rotatable bonds is 5. The number of aliphatic hydroxyl groups excluding tert-OH is 3. The Balaban J connectivity index is 1.61. The maximum absolute atomic E-state index is 14.1. The smallest absolute Gasteiger partial charge is 0.348 e. The Morgan fingerprint density at radius 1 is 1.17 bits per heavy atom. The van der Waals surface area contributed by atoms with Crippen molar-refractivity contribution in [3.8, 4) is 5.75 Å². The van der Waals surface area contributed by atoms with Crippen molar-refractivity contribution < 1.29 is 45.6 Å². The Bertz CT molecular complexity index is 1380. The van der Waals surface area contributed by atoms with Gasteiger partial charge in [0.15, 0.2) is 22.7 Å². The molecule has 41 heavy (non-hydrogen) atoms. The Kier molecular flexibility index (Phi) is 7.38. The van der Waals surface area contributed by atoms with Gasteiger partial charge in [0.2, 0.25) is 5.78 Å². The number of nitrogens with one attached hydrogen (secondary N) is 1. The van der Waals surface area contributed by atoms with Crippen molar-refractivity contribution in [1.29, 1.82) is 0 Å². The molecule has 1 aromatic rings. The molecule has 0 bridgehead atoms. The molecule has 4 aliphatic rings. The first-order valence-corrected chi connectivity index (χ1v) is 13.9. The van der Waals surface area contributed by atoms with E-state index in [2.05, 4.69) is 23.0 Å². The predicted molar refractivity (Wildman–Crippen MR) is 146 cm³/mol. The molecule has 9 N–H and O–H groups in total. The van der Waals surface area contributed by atoms with E-state index in [-0.39, 0.29) is 22.9 Å². The van der Waals surface area contributed by atoms with Gasteiger partial charge in [0.05, 0.1) is 23.6 Å². The highest BCUT2D eigenvalue weighted by atomic mass is 16.4. The molecule has 222 valence electrons. The summed E-state index contributed by atoms with van der Waals surface area (Å²) in [7, 11) is 5.06. The number of aromatic hydroxyl groups is 1. The molecule has 0 radical (unpaired) electrons. The molecule has 6 unspecified atom stereocenters. The van der Waals surface area contributed by atoms with E-state index in [0.717, 1.165) is 25.9 Å². The number of phenols is 1. The fourth-order valence-corrected chi connectivity index (χ4v) is 7.30. The molecule has 12 nitrogen and oxygen atoms in total. The second kappa shape index (κ2) is 10.3. The molecule has 1 heterocycles. The van der Waals surface area contributed by atoms with Crippen LogP contribution in [0.5, 0.6) is 5.75 Å². The number of likely N-dealkylation sites (tertiary alicyclic amines) is 1. The molecule has 12 heteroatoms. The minimum atomic E-state index is -2.88. The third kappa shape index (κ3) is 4.24. The number of carbonyl (C=O) groups is 3. The summed E-state index contributed by atoms with van der Waals surface area (Å²) >= 11 is 0. The van der Waals surface area contributed by atoms with Crippen molar-refractivity contribution in [2.75, 3.05) is 34.2 Å². The highest BCUT2D eigenvalue weighted by Gasteiger charge is 2.68. The molecule has 1 saturated carbocycles. The van der Waals surface area contributed by atoms with Gasteiger partial charge in [-0.05, 0) is 58.6 Å². The minimum absolute atomic E-state index is 0.0157. The molecule has 1 amide bonds. The van der Waals surface area contributed by atoms with Crippen LogP contribution < -0.4 is 11.1 Å².